The van der Waals surface area contributed by atoms with Crippen molar-refractivity contribution in [3.63, 3.8) is 0 Å². The van der Waals surface area contributed by atoms with Gasteiger partial charge in [-0.2, -0.15) is 0 Å². The average Bonchev–Trinajstić information content (AvgIpc) is 2.26. The Hall–Kier alpha value is -2.64. The van der Waals surface area contributed by atoms with E-state index in [0.29, 0.717) is 6.07 Å². The van der Waals surface area contributed by atoms with E-state index in [4.69, 9.17) is 15.3 Å². The van der Waals surface area contributed by atoms with E-state index in [2.05, 4.69) is 0 Å². The summed E-state index contributed by atoms with van der Waals surface area (Å²) in [5.41, 5.74) is -0.491. The standard InChI is InChI=1S/C11H10FNO6/c12-7-3-5(14)1-2-6(7)10(17)13-8(11(18)19)4-9(15)16/h1-3,8,14H,4H2,(H,13,17)(H,15,16)(H,18,19)/t8-/m1/s1. The number of nitrogens with one attached hydrogen (secondary N) is 1. The van der Waals surface area contributed by atoms with Crippen molar-refractivity contribution in [3.8, 4) is 5.75 Å². The Bertz CT molecular complexity index is 530. The molecule has 7 nitrogen and oxygen atoms in total. The number of phenolic OH excluding ortho intramolecular Hbond substituents is 1. The van der Waals surface area contributed by atoms with Crippen LogP contribution in [0.2, 0.25) is 0 Å². The Kier molecular flexibility index (Phi) is 4.41. The van der Waals surface area contributed by atoms with Crippen molar-refractivity contribution in [2.75, 3.05) is 0 Å². The molecule has 8 heteroatoms. The normalized spacial score (nSPS) is 11.6. The maximum Gasteiger partial charge on any atom is 0.326 e. The number of phenols is 1. The van der Waals surface area contributed by atoms with Crippen molar-refractivity contribution in [2.24, 2.45) is 0 Å². The van der Waals surface area contributed by atoms with Crippen LogP contribution in [0, 0.1) is 5.82 Å². The lowest BCUT2D eigenvalue weighted by Gasteiger charge is -2.12. The first kappa shape index (κ1) is 14.4. The minimum absolute atomic E-state index is 0.394. The van der Waals surface area contributed by atoms with E-state index in [0.717, 1.165) is 12.1 Å². The van der Waals surface area contributed by atoms with E-state index in [1.807, 2.05) is 5.32 Å². The molecule has 0 fully saturated rings. The number of carbonyl (C=O) groups excluding carboxylic acids is 1. The number of aromatic hydroxyl groups is 1. The first-order valence-electron chi connectivity index (χ1n) is 5.05. The number of hydrogen-bond donors (Lipinski definition) is 4. The smallest absolute Gasteiger partial charge is 0.326 e. The fourth-order valence-electron chi connectivity index (χ4n) is 1.30. The second kappa shape index (κ2) is 5.80. The molecule has 1 aromatic rings. The van der Waals surface area contributed by atoms with Gasteiger partial charge in [0.05, 0.1) is 12.0 Å². The lowest BCUT2D eigenvalue weighted by atomic mass is 10.1. The molecule has 102 valence electrons. The van der Waals surface area contributed by atoms with Crippen molar-refractivity contribution in [1.82, 2.24) is 5.32 Å². The van der Waals surface area contributed by atoms with Gasteiger partial charge in [0.2, 0.25) is 0 Å². The molecule has 0 radical (unpaired) electrons. The SMILES string of the molecule is O=C(O)C[C@@H](NC(=O)c1ccc(O)cc1F)C(=O)O. The van der Waals surface area contributed by atoms with Gasteiger partial charge in [-0.05, 0) is 12.1 Å². The van der Waals surface area contributed by atoms with Gasteiger partial charge in [-0.25, -0.2) is 9.18 Å². The summed E-state index contributed by atoms with van der Waals surface area (Å²) in [6.07, 6.45) is -0.833. The topological polar surface area (TPSA) is 124 Å². The second-order valence-electron chi connectivity index (χ2n) is 3.63. The highest BCUT2D eigenvalue weighted by Gasteiger charge is 2.24. The molecule has 1 atom stereocenters. The zero-order valence-corrected chi connectivity index (χ0v) is 9.46. The molecular weight excluding hydrogens is 261 g/mol. The number of aliphatic carboxylic acids is 2. The molecule has 0 unspecified atom stereocenters. The van der Waals surface area contributed by atoms with Crippen molar-refractivity contribution in [3.05, 3.63) is 29.6 Å². The van der Waals surface area contributed by atoms with E-state index < -0.39 is 47.4 Å². The third-order valence-corrected chi connectivity index (χ3v) is 2.18. The summed E-state index contributed by atoms with van der Waals surface area (Å²) in [5, 5.41) is 28.1. The molecule has 0 saturated carbocycles. The van der Waals surface area contributed by atoms with E-state index in [1.54, 1.807) is 0 Å². The monoisotopic (exact) mass is 271 g/mol. The Labute approximate surface area is 106 Å². The van der Waals surface area contributed by atoms with Crippen molar-refractivity contribution < 1.29 is 34.1 Å². The van der Waals surface area contributed by atoms with Crippen LogP contribution < -0.4 is 5.32 Å². The molecule has 4 N–H and O–H groups in total. The van der Waals surface area contributed by atoms with Gasteiger partial charge < -0.3 is 20.6 Å². The molecule has 0 bridgehead atoms. The molecular formula is C11H10FNO6. The van der Waals surface area contributed by atoms with Crippen LogP contribution in [0.1, 0.15) is 16.8 Å². The van der Waals surface area contributed by atoms with Crippen LogP contribution in [0.25, 0.3) is 0 Å². The Balaban J connectivity index is 2.87. The van der Waals surface area contributed by atoms with Gasteiger partial charge in [0, 0.05) is 6.07 Å². The summed E-state index contributed by atoms with van der Waals surface area (Å²) in [6, 6.07) is 1.02. The lowest BCUT2D eigenvalue weighted by molar-refractivity contribution is -0.145. The van der Waals surface area contributed by atoms with Crippen LogP contribution in [0.15, 0.2) is 18.2 Å². The fraction of sp³-hybridized carbons (Fsp3) is 0.182. The summed E-state index contributed by atoms with van der Waals surface area (Å²) in [6.45, 7) is 0. The molecule has 0 aliphatic carbocycles. The number of halogens is 1. The summed E-state index contributed by atoms with van der Waals surface area (Å²) in [4.78, 5) is 32.7. The number of carboxylic acids is 2. The Morgan fingerprint density at radius 3 is 2.37 bits per heavy atom. The van der Waals surface area contributed by atoms with E-state index in [1.165, 1.54) is 0 Å². The van der Waals surface area contributed by atoms with E-state index >= 15 is 0 Å². The maximum absolute atomic E-state index is 13.3. The lowest BCUT2D eigenvalue weighted by Crippen LogP contribution is -2.42. The number of carboxylic acid groups (broad SMARTS) is 2. The minimum atomic E-state index is -1.67. The molecule has 1 amide bonds. The summed E-state index contributed by atoms with van der Waals surface area (Å²) in [7, 11) is 0. The van der Waals surface area contributed by atoms with Crippen LogP contribution in [0.4, 0.5) is 4.39 Å². The highest BCUT2D eigenvalue weighted by Crippen LogP contribution is 2.15. The predicted molar refractivity (Wildman–Crippen MR) is 59.2 cm³/mol. The van der Waals surface area contributed by atoms with Gasteiger partial charge in [0.25, 0.3) is 5.91 Å². The van der Waals surface area contributed by atoms with Gasteiger partial charge in [-0.15, -0.1) is 0 Å². The largest absolute Gasteiger partial charge is 0.508 e. The maximum atomic E-state index is 13.3. The van der Waals surface area contributed by atoms with Gasteiger partial charge in [-0.3, -0.25) is 9.59 Å². The first-order valence-corrected chi connectivity index (χ1v) is 5.05. The Morgan fingerprint density at radius 2 is 1.89 bits per heavy atom. The van der Waals surface area contributed by atoms with Crippen molar-refractivity contribution in [1.29, 1.82) is 0 Å². The van der Waals surface area contributed by atoms with Crippen LogP contribution in [-0.2, 0) is 9.59 Å². The Morgan fingerprint density at radius 1 is 1.26 bits per heavy atom. The van der Waals surface area contributed by atoms with Crippen LogP contribution in [0.3, 0.4) is 0 Å². The van der Waals surface area contributed by atoms with E-state index in [-0.39, 0.29) is 0 Å². The van der Waals surface area contributed by atoms with Crippen LogP contribution in [-0.4, -0.2) is 39.2 Å². The first-order chi connectivity index (χ1) is 8.81. The third-order valence-electron chi connectivity index (χ3n) is 2.18. The van der Waals surface area contributed by atoms with Crippen molar-refractivity contribution >= 4 is 17.8 Å². The number of carbonyl (C=O) groups is 3. The molecule has 0 heterocycles. The molecule has 0 aromatic heterocycles. The molecule has 19 heavy (non-hydrogen) atoms. The number of rotatable bonds is 5. The zero-order valence-electron chi connectivity index (χ0n) is 9.46. The third kappa shape index (κ3) is 3.95. The summed E-state index contributed by atoms with van der Waals surface area (Å²) < 4.78 is 13.3. The van der Waals surface area contributed by atoms with Gasteiger partial charge >= 0.3 is 11.9 Å². The number of benzene rings is 1. The van der Waals surface area contributed by atoms with Crippen LogP contribution in [0.5, 0.6) is 5.75 Å². The highest BCUT2D eigenvalue weighted by atomic mass is 19.1. The number of hydrogen-bond acceptors (Lipinski definition) is 4. The van der Waals surface area contributed by atoms with Crippen LogP contribution >= 0.6 is 0 Å². The van der Waals surface area contributed by atoms with Gasteiger partial charge in [0.15, 0.2) is 0 Å². The summed E-state index contributed by atoms with van der Waals surface area (Å²) >= 11 is 0. The summed E-state index contributed by atoms with van der Waals surface area (Å²) in [5.74, 6) is -5.48. The van der Waals surface area contributed by atoms with Crippen molar-refractivity contribution in [2.45, 2.75) is 12.5 Å². The zero-order chi connectivity index (χ0) is 14.6. The molecule has 0 saturated heterocycles. The quantitative estimate of drug-likeness (QED) is 0.606. The molecule has 1 aromatic carbocycles. The van der Waals surface area contributed by atoms with Gasteiger partial charge in [-0.1, -0.05) is 0 Å². The van der Waals surface area contributed by atoms with E-state index in [9.17, 15) is 18.8 Å². The number of amides is 1. The molecule has 0 aliphatic heterocycles. The second-order valence-corrected chi connectivity index (χ2v) is 3.63. The molecule has 0 aliphatic rings. The minimum Gasteiger partial charge on any atom is -0.508 e. The average molecular weight is 271 g/mol. The fourth-order valence-corrected chi connectivity index (χ4v) is 1.30. The molecule has 0 spiro atoms. The highest BCUT2D eigenvalue weighted by molar-refractivity contribution is 5.97. The van der Waals surface area contributed by atoms with Gasteiger partial charge in [0.1, 0.15) is 17.6 Å². The molecule has 1 rings (SSSR count). The predicted octanol–water partition coefficient (Wildman–Crippen LogP) is 0.189.